The van der Waals surface area contributed by atoms with Gasteiger partial charge in [-0.25, -0.2) is 19.2 Å². The Morgan fingerprint density at radius 3 is 1.41 bits per heavy atom. The fourth-order valence-corrected chi connectivity index (χ4v) is 5.68. The predicted molar refractivity (Wildman–Crippen MR) is 199 cm³/mol. The van der Waals surface area contributed by atoms with Gasteiger partial charge in [0.25, 0.3) is 0 Å². The highest BCUT2D eigenvalue weighted by Crippen LogP contribution is 2.36. The number of esters is 4. The van der Waals surface area contributed by atoms with Crippen LogP contribution in [0.25, 0.3) is 33.4 Å². The standard InChI is InChI=1S/C44H30O10/c1-51-43(49)38-23-32(12-14-34(38)25-45)41(47)53-36-19-16-28(17-20-36)27-8-10-29(11-9-27)31-18-21-40(37(22-31)30-6-4-3-5-7-30)54-42(48)33-13-15-35(26-46)39(24-33)44(50)52-2/h3-26H,1-2H3. The lowest BCUT2D eigenvalue weighted by Gasteiger charge is -2.14. The number of carbonyl (C=O) groups excluding carboxylic acids is 6. The Labute approximate surface area is 309 Å². The maximum absolute atomic E-state index is 13.3. The number of hydrogen-bond acceptors (Lipinski definition) is 10. The maximum atomic E-state index is 13.3. The molecule has 0 heterocycles. The molecule has 0 N–H and O–H groups in total. The largest absolute Gasteiger partial charge is 0.465 e. The van der Waals surface area contributed by atoms with E-state index in [4.69, 9.17) is 18.9 Å². The van der Waals surface area contributed by atoms with Crippen LogP contribution in [0, 0.1) is 0 Å². The van der Waals surface area contributed by atoms with Crippen LogP contribution in [0.15, 0.2) is 133 Å². The Kier molecular flexibility index (Phi) is 10.9. The van der Waals surface area contributed by atoms with Crippen molar-refractivity contribution in [1.82, 2.24) is 0 Å². The van der Waals surface area contributed by atoms with Crippen molar-refractivity contribution in [1.29, 1.82) is 0 Å². The third-order valence-electron chi connectivity index (χ3n) is 8.53. The lowest BCUT2D eigenvalue weighted by molar-refractivity contribution is 0.0589. The van der Waals surface area contributed by atoms with Gasteiger partial charge in [0.2, 0.25) is 0 Å². The Morgan fingerprint density at radius 2 is 0.907 bits per heavy atom. The lowest BCUT2D eigenvalue weighted by atomic mass is 9.96. The van der Waals surface area contributed by atoms with Crippen molar-refractivity contribution in [3.05, 3.63) is 167 Å². The van der Waals surface area contributed by atoms with Crippen LogP contribution in [0.4, 0.5) is 0 Å². The summed E-state index contributed by atoms with van der Waals surface area (Å²) in [4.78, 5) is 73.1. The molecule has 0 atom stereocenters. The molecule has 0 spiro atoms. The minimum Gasteiger partial charge on any atom is -0.465 e. The summed E-state index contributed by atoms with van der Waals surface area (Å²) < 4.78 is 20.8. The molecule has 0 radical (unpaired) electrons. The van der Waals surface area contributed by atoms with Crippen molar-refractivity contribution in [2.45, 2.75) is 0 Å². The molecule has 0 aliphatic rings. The van der Waals surface area contributed by atoms with Crippen molar-refractivity contribution in [3.8, 4) is 44.9 Å². The summed E-state index contributed by atoms with van der Waals surface area (Å²) in [5.74, 6) is -2.32. The molecule has 266 valence electrons. The number of methoxy groups -OCH3 is 2. The molecule has 0 saturated heterocycles. The zero-order valence-electron chi connectivity index (χ0n) is 28.9. The first-order chi connectivity index (χ1) is 26.2. The Morgan fingerprint density at radius 1 is 0.444 bits per heavy atom. The van der Waals surface area contributed by atoms with Crippen LogP contribution in [0.5, 0.6) is 11.5 Å². The Hall–Kier alpha value is -7.46. The van der Waals surface area contributed by atoms with Gasteiger partial charge in [0.05, 0.1) is 36.5 Å². The first-order valence-corrected chi connectivity index (χ1v) is 16.4. The highest BCUT2D eigenvalue weighted by molar-refractivity contribution is 6.03. The van der Waals surface area contributed by atoms with E-state index >= 15 is 0 Å². The van der Waals surface area contributed by atoms with E-state index < -0.39 is 23.9 Å². The zero-order chi connectivity index (χ0) is 38.2. The summed E-state index contributed by atoms with van der Waals surface area (Å²) in [7, 11) is 2.37. The second kappa shape index (κ2) is 16.3. The molecule has 0 amide bonds. The van der Waals surface area contributed by atoms with Crippen LogP contribution in [-0.4, -0.2) is 50.7 Å². The van der Waals surface area contributed by atoms with Crippen LogP contribution in [-0.2, 0) is 9.47 Å². The maximum Gasteiger partial charge on any atom is 0.343 e. The first kappa shape index (κ1) is 36.3. The lowest BCUT2D eigenvalue weighted by Crippen LogP contribution is -2.12. The molecule has 0 aliphatic carbocycles. The molecule has 0 bridgehead atoms. The first-order valence-electron chi connectivity index (χ1n) is 16.4. The van der Waals surface area contributed by atoms with Gasteiger partial charge in [0, 0.05) is 16.7 Å². The summed E-state index contributed by atoms with van der Waals surface area (Å²) in [6.07, 6.45) is 1.02. The van der Waals surface area contributed by atoms with Gasteiger partial charge in [-0.2, -0.15) is 0 Å². The van der Waals surface area contributed by atoms with Crippen molar-refractivity contribution >= 4 is 36.4 Å². The van der Waals surface area contributed by atoms with Crippen LogP contribution >= 0.6 is 0 Å². The summed E-state index contributed by atoms with van der Waals surface area (Å²) in [5, 5.41) is 0. The molecule has 10 nitrogen and oxygen atoms in total. The van der Waals surface area contributed by atoms with Gasteiger partial charge in [-0.05, 0) is 88.5 Å². The van der Waals surface area contributed by atoms with E-state index in [9.17, 15) is 28.8 Å². The summed E-state index contributed by atoms with van der Waals surface area (Å²) in [5.41, 5.74) is 5.29. The Bertz CT molecular complexity index is 2400. The number of aldehydes is 2. The van der Waals surface area contributed by atoms with Gasteiger partial charge >= 0.3 is 23.9 Å². The van der Waals surface area contributed by atoms with E-state index in [-0.39, 0.29) is 39.1 Å². The zero-order valence-corrected chi connectivity index (χ0v) is 28.9. The van der Waals surface area contributed by atoms with Gasteiger partial charge in [-0.1, -0.05) is 72.8 Å². The van der Waals surface area contributed by atoms with Gasteiger partial charge < -0.3 is 18.9 Å². The molecule has 0 fully saturated rings. The topological polar surface area (TPSA) is 139 Å². The molecular formula is C44H30O10. The molecule has 0 aliphatic heterocycles. The van der Waals surface area contributed by atoms with Crippen LogP contribution in [0.1, 0.15) is 62.1 Å². The third-order valence-corrected chi connectivity index (χ3v) is 8.53. The SMILES string of the molecule is COC(=O)c1cc(C(=O)Oc2ccc(-c3ccc(-c4ccc(OC(=O)c5ccc(C=O)c(C(=O)OC)c5)c(-c5ccccc5)c4)cc3)cc2)ccc1C=O. The number of rotatable bonds is 11. The predicted octanol–water partition coefficient (Wildman–Crippen LogP) is 8.32. The van der Waals surface area contributed by atoms with Gasteiger partial charge in [-0.3, -0.25) is 9.59 Å². The van der Waals surface area contributed by atoms with Gasteiger partial charge in [-0.15, -0.1) is 0 Å². The summed E-state index contributed by atoms with van der Waals surface area (Å²) >= 11 is 0. The fourth-order valence-electron chi connectivity index (χ4n) is 5.68. The minimum absolute atomic E-state index is 0.0351. The summed E-state index contributed by atoms with van der Waals surface area (Å²) in [6, 6.07) is 37.7. The van der Waals surface area contributed by atoms with Crippen LogP contribution in [0.2, 0.25) is 0 Å². The third kappa shape index (κ3) is 7.88. The van der Waals surface area contributed by atoms with Crippen molar-refractivity contribution in [2.24, 2.45) is 0 Å². The quantitative estimate of drug-likeness (QED) is 0.0730. The highest BCUT2D eigenvalue weighted by Gasteiger charge is 2.20. The normalized spacial score (nSPS) is 10.5. The molecule has 0 aromatic heterocycles. The molecular weight excluding hydrogens is 688 g/mol. The van der Waals surface area contributed by atoms with Crippen LogP contribution in [0.3, 0.4) is 0 Å². The number of ether oxygens (including phenoxy) is 4. The molecule has 10 heteroatoms. The Balaban J connectivity index is 1.20. The van der Waals surface area contributed by atoms with E-state index in [1.165, 1.54) is 50.6 Å². The highest BCUT2D eigenvalue weighted by atomic mass is 16.5. The number of hydrogen-bond donors (Lipinski definition) is 0. The average Bonchev–Trinajstić information content (AvgIpc) is 3.23. The molecule has 54 heavy (non-hydrogen) atoms. The van der Waals surface area contributed by atoms with Gasteiger partial charge in [0.15, 0.2) is 12.6 Å². The van der Waals surface area contributed by atoms with E-state index in [0.29, 0.717) is 23.9 Å². The molecule has 0 saturated carbocycles. The van der Waals surface area contributed by atoms with Crippen molar-refractivity contribution < 1.29 is 47.7 Å². The second-order valence-corrected chi connectivity index (χ2v) is 11.8. The molecule has 6 aromatic rings. The number of carbonyl (C=O) groups is 6. The number of benzene rings is 6. The molecule has 6 rings (SSSR count). The molecule has 0 unspecified atom stereocenters. The van der Waals surface area contributed by atoms with E-state index in [1.54, 1.807) is 18.2 Å². The fraction of sp³-hybridized carbons (Fsp3) is 0.0455. The monoisotopic (exact) mass is 718 g/mol. The minimum atomic E-state index is -0.747. The molecule has 6 aromatic carbocycles. The average molecular weight is 719 g/mol. The van der Waals surface area contributed by atoms with Crippen molar-refractivity contribution in [2.75, 3.05) is 14.2 Å². The van der Waals surface area contributed by atoms with Gasteiger partial charge in [0.1, 0.15) is 11.5 Å². The van der Waals surface area contributed by atoms with E-state index in [1.807, 2.05) is 78.9 Å². The van der Waals surface area contributed by atoms with E-state index in [0.717, 1.165) is 27.8 Å². The smallest absolute Gasteiger partial charge is 0.343 e. The second-order valence-electron chi connectivity index (χ2n) is 11.8. The van der Waals surface area contributed by atoms with E-state index in [2.05, 4.69) is 0 Å². The van der Waals surface area contributed by atoms with Crippen LogP contribution < -0.4 is 9.47 Å². The van der Waals surface area contributed by atoms with Crippen molar-refractivity contribution in [3.63, 3.8) is 0 Å². The summed E-state index contributed by atoms with van der Waals surface area (Å²) in [6.45, 7) is 0.